The zero-order valence-electron chi connectivity index (χ0n) is 7.84. The highest BCUT2D eigenvalue weighted by Gasteiger charge is 2.41. The molecule has 1 saturated carbocycles. The van der Waals surface area contributed by atoms with E-state index in [-0.39, 0.29) is 11.6 Å². The number of Topliss-reactive ketones (excluding diaryl/α,β-unsaturated/α-hetero) is 2. The summed E-state index contributed by atoms with van der Waals surface area (Å²) in [5, 5.41) is 0. The van der Waals surface area contributed by atoms with E-state index in [9.17, 15) is 14.4 Å². The quantitative estimate of drug-likeness (QED) is 0.486. The summed E-state index contributed by atoms with van der Waals surface area (Å²) in [6.07, 6.45) is 3.40. The van der Waals surface area contributed by atoms with Gasteiger partial charge in [0, 0.05) is 12.8 Å². The number of carbonyl (C=O) groups is 3. The van der Waals surface area contributed by atoms with Crippen molar-refractivity contribution in [2.45, 2.75) is 39.0 Å². The Labute approximate surface area is 77.5 Å². The van der Waals surface area contributed by atoms with Crippen molar-refractivity contribution >= 4 is 17.9 Å². The van der Waals surface area contributed by atoms with Crippen LogP contribution in [0.4, 0.5) is 0 Å². The minimum Gasteiger partial charge on any atom is -0.302 e. The minimum absolute atomic E-state index is 0.0174. The molecule has 3 nitrogen and oxygen atoms in total. The normalized spacial score (nSPS) is 27.6. The van der Waals surface area contributed by atoms with Crippen LogP contribution in [0.3, 0.4) is 0 Å². The lowest BCUT2D eigenvalue weighted by atomic mass is 9.82. The van der Waals surface area contributed by atoms with Gasteiger partial charge in [0.2, 0.25) is 0 Å². The fraction of sp³-hybridized carbons (Fsp3) is 0.700. The second-order valence-corrected chi connectivity index (χ2v) is 3.75. The molecule has 1 aliphatic rings. The molecule has 0 amide bonds. The first-order valence-electron chi connectivity index (χ1n) is 4.60. The van der Waals surface area contributed by atoms with Gasteiger partial charge in [-0.25, -0.2) is 0 Å². The molecule has 0 N–H and O–H groups in total. The topological polar surface area (TPSA) is 51.2 Å². The summed E-state index contributed by atoms with van der Waals surface area (Å²) in [5.41, 5.74) is -0.814. The fourth-order valence-corrected chi connectivity index (χ4v) is 1.80. The van der Waals surface area contributed by atoms with E-state index in [1.807, 2.05) is 0 Å². The van der Waals surface area contributed by atoms with Crippen LogP contribution in [-0.4, -0.2) is 17.9 Å². The lowest BCUT2D eigenvalue weighted by molar-refractivity contribution is -0.132. The summed E-state index contributed by atoms with van der Waals surface area (Å²) in [6, 6.07) is 0. The predicted molar refractivity (Wildman–Crippen MR) is 47.3 cm³/mol. The maximum atomic E-state index is 11.4. The first kappa shape index (κ1) is 10.1. The van der Waals surface area contributed by atoms with Crippen molar-refractivity contribution in [3.63, 3.8) is 0 Å². The van der Waals surface area contributed by atoms with E-state index < -0.39 is 5.41 Å². The van der Waals surface area contributed by atoms with Crippen molar-refractivity contribution < 1.29 is 14.4 Å². The van der Waals surface area contributed by atoms with Crippen LogP contribution in [0.25, 0.3) is 0 Å². The average Bonchev–Trinajstić information content (AvgIpc) is 2.45. The number of rotatable bonds is 4. The monoisotopic (exact) mass is 182 g/mol. The zero-order chi connectivity index (χ0) is 9.90. The molecule has 0 radical (unpaired) electrons. The van der Waals surface area contributed by atoms with E-state index in [1.165, 1.54) is 6.92 Å². The maximum absolute atomic E-state index is 11.4. The molecule has 13 heavy (non-hydrogen) atoms. The minimum atomic E-state index is -0.814. The summed E-state index contributed by atoms with van der Waals surface area (Å²) in [6.45, 7) is 1.48. The third kappa shape index (κ3) is 2.02. The van der Waals surface area contributed by atoms with Gasteiger partial charge in [-0.3, -0.25) is 4.79 Å². The van der Waals surface area contributed by atoms with Crippen LogP contribution in [0, 0.1) is 5.41 Å². The Morgan fingerprint density at radius 3 is 2.69 bits per heavy atom. The standard InChI is InChI=1S/C10H14O3/c1-8(12)4-6-10(7-11)5-2-3-9(10)13/h7H,2-6H2,1H3. The lowest BCUT2D eigenvalue weighted by Crippen LogP contribution is -2.28. The van der Waals surface area contributed by atoms with Gasteiger partial charge < -0.3 is 9.59 Å². The number of carbonyl (C=O) groups excluding carboxylic acids is 3. The smallest absolute Gasteiger partial charge is 0.146 e. The Morgan fingerprint density at radius 1 is 1.62 bits per heavy atom. The van der Waals surface area contributed by atoms with Crippen LogP contribution in [0.2, 0.25) is 0 Å². The van der Waals surface area contributed by atoms with Crippen LogP contribution in [0.5, 0.6) is 0 Å². The molecule has 1 aliphatic carbocycles. The Kier molecular flexibility index (Phi) is 2.96. The largest absolute Gasteiger partial charge is 0.302 e. The molecule has 0 bridgehead atoms. The van der Waals surface area contributed by atoms with E-state index in [0.717, 1.165) is 12.7 Å². The SMILES string of the molecule is CC(=O)CCC1(C=O)CCCC1=O. The second-order valence-electron chi connectivity index (χ2n) is 3.75. The molecule has 0 heterocycles. The van der Waals surface area contributed by atoms with Gasteiger partial charge in [0.25, 0.3) is 0 Å². The summed E-state index contributed by atoms with van der Waals surface area (Å²) in [4.78, 5) is 33.0. The van der Waals surface area contributed by atoms with Crippen LogP contribution < -0.4 is 0 Å². The molecule has 0 aromatic rings. The van der Waals surface area contributed by atoms with Gasteiger partial charge in [-0.1, -0.05) is 0 Å². The summed E-state index contributed by atoms with van der Waals surface area (Å²) in [7, 11) is 0. The van der Waals surface area contributed by atoms with Crippen molar-refractivity contribution in [3.05, 3.63) is 0 Å². The molecule has 1 rings (SSSR count). The van der Waals surface area contributed by atoms with E-state index in [1.54, 1.807) is 0 Å². The van der Waals surface area contributed by atoms with Gasteiger partial charge in [0.15, 0.2) is 0 Å². The maximum Gasteiger partial charge on any atom is 0.146 e. The third-order valence-corrected chi connectivity index (χ3v) is 2.73. The molecule has 72 valence electrons. The molecule has 0 aromatic heterocycles. The Bertz CT molecular complexity index is 245. The molecule has 1 atom stereocenters. The van der Waals surface area contributed by atoms with Crippen LogP contribution in [-0.2, 0) is 14.4 Å². The average molecular weight is 182 g/mol. The molecule has 0 saturated heterocycles. The molecule has 1 unspecified atom stereocenters. The van der Waals surface area contributed by atoms with E-state index in [2.05, 4.69) is 0 Å². The Balaban J connectivity index is 2.64. The summed E-state index contributed by atoms with van der Waals surface area (Å²) >= 11 is 0. The van der Waals surface area contributed by atoms with Crippen molar-refractivity contribution in [1.29, 1.82) is 0 Å². The molecule has 0 spiro atoms. The zero-order valence-corrected chi connectivity index (χ0v) is 7.84. The summed E-state index contributed by atoms with van der Waals surface area (Å²) in [5.74, 6) is 0.0599. The lowest BCUT2D eigenvalue weighted by Gasteiger charge is -2.18. The van der Waals surface area contributed by atoms with Crippen LogP contribution in [0.15, 0.2) is 0 Å². The van der Waals surface area contributed by atoms with Gasteiger partial charge in [-0.2, -0.15) is 0 Å². The molecule has 1 fully saturated rings. The first-order chi connectivity index (χ1) is 6.10. The predicted octanol–water partition coefficient (Wildman–Crippen LogP) is 1.29. The molecular weight excluding hydrogens is 168 g/mol. The summed E-state index contributed by atoms with van der Waals surface area (Å²) < 4.78 is 0. The molecule has 3 heteroatoms. The number of hydrogen-bond acceptors (Lipinski definition) is 3. The van der Waals surface area contributed by atoms with Gasteiger partial charge in [0.1, 0.15) is 17.9 Å². The second kappa shape index (κ2) is 3.81. The number of ketones is 2. The van der Waals surface area contributed by atoms with Gasteiger partial charge in [-0.05, 0) is 26.2 Å². The highest BCUT2D eigenvalue weighted by Crippen LogP contribution is 2.36. The van der Waals surface area contributed by atoms with Crippen LogP contribution >= 0.6 is 0 Å². The fourth-order valence-electron chi connectivity index (χ4n) is 1.80. The molecule has 0 aliphatic heterocycles. The van der Waals surface area contributed by atoms with Gasteiger partial charge >= 0.3 is 0 Å². The van der Waals surface area contributed by atoms with E-state index in [0.29, 0.717) is 25.7 Å². The molecule has 0 aromatic carbocycles. The third-order valence-electron chi connectivity index (χ3n) is 2.73. The van der Waals surface area contributed by atoms with Gasteiger partial charge in [0.05, 0.1) is 5.41 Å². The van der Waals surface area contributed by atoms with Crippen molar-refractivity contribution in [1.82, 2.24) is 0 Å². The van der Waals surface area contributed by atoms with Crippen LogP contribution in [0.1, 0.15) is 39.0 Å². The molecular formula is C10H14O3. The number of aldehydes is 1. The van der Waals surface area contributed by atoms with Crippen molar-refractivity contribution in [2.75, 3.05) is 0 Å². The first-order valence-corrected chi connectivity index (χ1v) is 4.60. The van der Waals surface area contributed by atoms with Gasteiger partial charge in [-0.15, -0.1) is 0 Å². The Morgan fingerprint density at radius 2 is 2.31 bits per heavy atom. The highest BCUT2D eigenvalue weighted by molar-refractivity contribution is 6.00. The van der Waals surface area contributed by atoms with Crippen molar-refractivity contribution in [2.24, 2.45) is 5.41 Å². The van der Waals surface area contributed by atoms with E-state index >= 15 is 0 Å². The number of hydrogen-bond donors (Lipinski definition) is 0. The van der Waals surface area contributed by atoms with Crippen molar-refractivity contribution in [3.8, 4) is 0 Å². The highest BCUT2D eigenvalue weighted by atomic mass is 16.1. The Hall–Kier alpha value is -0.990. The van der Waals surface area contributed by atoms with E-state index in [4.69, 9.17) is 0 Å².